The van der Waals surface area contributed by atoms with Crippen molar-refractivity contribution in [1.29, 1.82) is 0 Å². The van der Waals surface area contributed by atoms with Crippen LogP contribution in [0.2, 0.25) is 0 Å². The summed E-state index contributed by atoms with van der Waals surface area (Å²) < 4.78 is 32.9. The summed E-state index contributed by atoms with van der Waals surface area (Å²) in [6.45, 7) is 4.01. The first-order valence-corrected chi connectivity index (χ1v) is 4.72. The van der Waals surface area contributed by atoms with Crippen molar-refractivity contribution >= 4 is 0 Å². The van der Waals surface area contributed by atoms with Crippen molar-refractivity contribution in [2.45, 2.75) is 13.3 Å². The summed E-state index contributed by atoms with van der Waals surface area (Å²) >= 11 is 0. The summed E-state index contributed by atoms with van der Waals surface area (Å²) in [6, 6.07) is 0. The second-order valence-electron chi connectivity index (χ2n) is 3.23. The van der Waals surface area contributed by atoms with E-state index in [0.29, 0.717) is 25.7 Å². The smallest absolute Gasteiger partial charge is 0.261 e. The average Bonchev–Trinajstić information content (AvgIpc) is 2.11. The Morgan fingerprint density at radius 3 is 2.57 bits per heavy atom. The van der Waals surface area contributed by atoms with Gasteiger partial charge in [-0.1, -0.05) is 6.92 Å². The summed E-state index contributed by atoms with van der Waals surface area (Å²) in [5.74, 6) is 0.426. The van der Waals surface area contributed by atoms with E-state index >= 15 is 0 Å². The highest BCUT2D eigenvalue weighted by atomic mass is 19.3. The van der Waals surface area contributed by atoms with E-state index in [1.54, 1.807) is 7.11 Å². The first-order chi connectivity index (χ1) is 6.66. The van der Waals surface area contributed by atoms with Crippen LogP contribution < -0.4 is 5.32 Å². The molecule has 0 fully saturated rings. The molecule has 0 rings (SSSR count). The molecule has 0 aromatic rings. The van der Waals surface area contributed by atoms with E-state index < -0.39 is 13.0 Å². The van der Waals surface area contributed by atoms with Gasteiger partial charge in [0.25, 0.3) is 6.43 Å². The predicted octanol–water partition coefficient (Wildman–Crippen LogP) is 1.14. The van der Waals surface area contributed by atoms with Gasteiger partial charge in [-0.25, -0.2) is 8.78 Å². The maximum atomic E-state index is 11.6. The molecular formula is C9H19F2NO2. The Kier molecular flexibility index (Phi) is 9.13. The molecule has 0 aromatic heterocycles. The molecule has 0 saturated carbocycles. The van der Waals surface area contributed by atoms with E-state index in [4.69, 9.17) is 9.47 Å². The zero-order valence-corrected chi connectivity index (χ0v) is 8.76. The van der Waals surface area contributed by atoms with Gasteiger partial charge in [0, 0.05) is 20.3 Å². The van der Waals surface area contributed by atoms with Crippen LogP contribution in [0.25, 0.3) is 0 Å². The molecule has 86 valence electrons. The molecule has 0 spiro atoms. The number of hydrogen-bond donors (Lipinski definition) is 1. The topological polar surface area (TPSA) is 30.5 Å². The third kappa shape index (κ3) is 9.83. The van der Waals surface area contributed by atoms with Gasteiger partial charge in [-0.05, 0) is 12.5 Å². The Balaban J connectivity index is 3.05. The predicted molar refractivity (Wildman–Crippen MR) is 50.7 cm³/mol. The molecule has 0 bridgehead atoms. The molecule has 14 heavy (non-hydrogen) atoms. The molecule has 0 radical (unpaired) electrons. The summed E-state index contributed by atoms with van der Waals surface area (Å²) in [5, 5.41) is 3.09. The number of nitrogens with one attached hydrogen (secondary N) is 1. The molecule has 0 heterocycles. The third-order valence-electron chi connectivity index (χ3n) is 1.61. The van der Waals surface area contributed by atoms with Gasteiger partial charge in [-0.2, -0.15) is 0 Å². The quantitative estimate of drug-likeness (QED) is 0.580. The van der Waals surface area contributed by atoms with E-state index in [1.165, 1.54) is 0 Å². The maximum absolute atomic E-state index is 11.6. The van der Waals surface area contributed by atoms with Gasteiger partial charge in [-0.3, -0.25) is 0 Å². The number of ether oxygens (including phenoxy) is 2. The summed E-state index contributed by atoms with van der Waals surface area (Å²) in [5.41, 5.74) is 0. The number of methoxy groups -OCH3 is 1. The Morgan fingerprint density at radius 1 is 1.29 bits per heavy atom. The molecular weight excluding hydrogens is 192 g/mol. The number of rotatable bonds is 9. The number of alkyl halides is 2. The van der Waals surface area contributed by atoms with Crippen LogP contribution in [0.5, 0.6) is 0 Å². The molecule has 3 nitrogen and oxygen atoms in total. The lowest BCUT2D eigenvalue weighted by Gasteiger charge is -2.11. The van der Waals surface area contributed by atoms with Crippen molar-refractivity contribution in [3.8, 4) is 0 Å². The first-order valence-electron chi connectivity index (χ1n) is 4.72. The molecule has 1 N–H and O–H groups in total. The van der Waals surface area contributed by atoms with Crippen LogP contribution >= 0.6 is 0 Å². The fourth-order valence-electron chi connectivity index (χ4n) is 1.01. The fraction of sp³-hybridized carbons (Fsp3) is 1.00. The van der Waals surface area contributed by atoms with E-state index in [-0.39, 0.29) is 0 Å². The van der Waals surface area contributed by atoms with E-state index in [9.17, 15) is 8.78 Å². The van der Waals surface area contributed by atoms with Crippen LogP contribution in [-0.4, -0.2) is 46.4 Å². The number of halogens is 2. The van der Waals surface area contributed by atoms with Gasteiger partial charge >= 0.3 is 0 Å². The Morgan fingerprint density at radius 2 is 2.00 bits per heavy atom. The highest BCUT2D eigenvalue weighted by Crippen LogP contribution is 1.93. The van der Waals surface area contributed by atoms with Gasteiger partial charge in [0.1, 0.15) is 6.61 Å². The highest BCUT2D eigenvalue weighted by Gasteiger charge is 2.02. The Labute approximate surface area is 83.8 Å². The molecule has 0 aliphatic carbocycles. The minimum atomic E-state index is -2.37. The van der Waals surface area contributed by atoms with Gasteiger partial charge in [0.05, 0.1) is 6.61 Å². The van der Waals surface area contributed by atoms with Crippen LogP contribution in [0.1, 0.15) is 6.92 Å². The largest absolute Gasteiger partial charge is 0.384 e. The summed E-state index contributed by atoms with van der Waals surface area (Å²) in [4.78, 5) is 0. The third-order valence-corrected chi connectivity index (χ3v) is 1.61. The van der Waals surface area contributed by atoms with Gasteiger partial charge in [0.15, 0.2) is 0 Å². The molecule has 0 aliphatic rings. The molecule has 0 aromatic carbocycles. The van der Waals surface area contributed by atoms with Crippen molar-refractivity contribution in [3.63, 3.8) is 0 Å². The van der Waals surface area contributed by atoms with Crippen LogP contribution in [-0.2, 0) is 9.47 Å². The SMILES string of the molecule is COCC(C)CNCCOCC(F)F. The van der Waals surface area contributed by atoms with E-state index in [1.807, 2.05) is 0 Å². The molecule has 0 saturated heterocycles. The lowest BCUT2D eigenvalue weighted by molar-refractivity contribution is 0.0184. The molecule has 5 heteroatoms. The Hall–Kier alpha value is -0.260. The average molecular weight is 211 g/mol. The normalized spacial score (nSPS) is 13.5. The van der Waals surface area contributed by atoms with Crippen molar-refractivity contribution in [2.75, 3.05) is 40.0 Å². The second kappa shape index (κ2) is 9.30. The first kappa shape index (κ1) is 13.7. The van der Waals surface area contributed by atoms with Crippen LogP contribution in [0.3, 0.4) is 0 Å². The molecule has 1 atom stereocenters. The molecule has 0 amide bonds. The van der Waals surface area contributed by atoms with Gasteiger partial charge in [-0.15, -0.1) is 0 Å². The van der Waals surface area contributed by atoms with Crippen LogP contribution in [0.15, 0.2) is 0 Å². The van der Waals surface area contributed by atoms with Crippen molar-refractivity contribution in [1.82, 2.24) is 5.32 Å². The van der Waals surface area contributed by atoms with Crippen molar-refractivity contribution in [3.05, 3.63) is 0 Å². The number of hydrogen-bond acceptors (Lipinski definition) is 3. The highest BCUT2D eigenvalue weighted by molar-refractivity contribution is 4.55. The zero-order valence-electron chi connectivity index (χ0n) is 8.76. The maximum Gasteiger partial charge on any atom is 0.261 e. The van der Waals surface area contributed by atoms with Crippen molar-refractivity contribution < 1.29 is 18.3 Å². The van der Waals surface area contributed by atoms with E-state index in [0.717, 1.165) is 6.54 Å². The zero-order chi connectivity index (χ0) is 10.8. The van der Waals surface area contributed by atoms with Gasteiger partial charge < -0.3 is 14.8 Å². The lowest BCUT2D eigenvalue weighted by Crippen LogP contribution is -2.27. The fourth-order valence-corrected chi connectivity index (χ4v) is 1.01. The second-order valence-corrected chi connectivity index (χ2v) is 3.23. The molecule has 1 unspecified atom stereocenters. The van der Waals surface area contributed by atoms with Crippen LogP contribution in [0.4, 0.5) is 8.78 Å². The monoisotopic (exact) mass is 211 g/mol. The summed E-state index contributed by atoms with van der Waals surface area (Å²) in [7, 11) is 1.66. The lowest BCUT2D eigenvalue weighted by atomic mass is 10.2. The standard InChI is InChI=1S/C9H19F2NO2/c1-8(6-13-2)5-12-3-4-14-7-9(10)11/h8-9,12H,3-7H2,1-2H3. The Bertz CT molecular complexity index is 125. The van der Waals surface area contributed by atoms with Gasteiger partial charge in [0.2, 0.25) is 0 Å². The van der Waals surface area contributed by atoms with Crippen LogP contribution in [0, 0.1) is 5.92 Å². The minimum absolute atomic E-state index is 0.323. The van der Waals surface area contributed by atoms with E-state index in [2.05, 4.69) is 12.2 Å². The van der Waals surface area contributed by atoms with Crippen molar-refractivity contribution in [2.24, 2.45) is 5.92 Å². The minimum Gasteiger partial charge on any atom is -0.384 e. The molecule has 0 aliphatic heterocycles. The summed E-state index contributed by atoms with van der Waals surface area (Å²) in [6.07, 6.45) is -2.37.